The molecule has 0 bridgehead atoms. The molecule has 11 heteroatoms. The van der Waals surface area contributed by atoms with E-state index in [9.17, 15) is 23.9 Å². The summed E-state index contributed by atoms with van der Waals surface area (Å²) in [6.45, 7) is 3.97. The second-order valence-corrected chi connectivity index (χ2v) is 10.5. The zero-order valence-electron chi connectivity index (χ0n) is 23.8. The summed E-state index contributed by atoms with van der Waals surface area (Å²) in [5.74, 6) is -0.356. The number of aliphatic hydroxyl groups is 1. The summed E-state index contributed by atoms with van der Waals surface area (Å²) in [6, 6.07) is 18.3. The number of urea groups is 2. The molecule has 0 aromatic heterocycles. The summed E-state index contributed by atoms with van der Waals surface area (Å²) in [5, 5.41) is 18.2. The number of fused-ring (bicyclic) bond motifs is 1. The highest BCUT2D eigenvalue weighted by molar-refractivity contribution is 6.00. The van der Waals surface area contributed by atoms with Crippen molar-refractivity contribution in [1.29, 1.82) is 0 Å². The first-order valence-electron chi connectivity index (χ1n) is 13.7. The van der Waals surface area contributed by atoms with Gasteiger partial charge in [-0.15, -0.1) is 0 Å². The van der Waals surface area contributed by atoms with Gasteiger partial charge in [0.1, 0.15) is 17.7 Å². The molecule has 0 saturated carbocycles. The highest BCUT2D eigenvalue weighted by atomic mass is 19.1. The van der Waals surface area contributed by atoms with E-state index in [1.165, 1.54) is 29.2 Å². The molecule has 4 N–H and O–H groups in total. The first-order valence-corrected chi connectivity index (χ1v) is 13.7. The zero-order chi connectivity index (χ0) is 30.2. The lowest BCUT2D eigenvalue weighted by Gasteiger charge is -2.34. The SMILES string of the molecule is C[C@H]1CN([C@@H](C)CO)C(=O)Cc2cc(NC(=O)Nc3ccccc3)ccc2O[C@@H]1CN(C)C(=O)Nc1ccc(F)cc1. The average Bonchev–Trinajstić information content (AvgIpc) is 3.01. The van der Waals surface area contributed by atoms with Crippen LogP contribution in [0.25, 0.3) is 0 Å². The van der Waals surface area contributed by atoms with E-state index < -0.39 is 30.0 Å². The van der Waals surface area contributed by atoms with Gasteiger partial charge in [0.15, 0.2) is 0 Å². The van der Waals surface area contributed by atoms with E-state index in [1.54, 1.807) is 49.2 Å². The highest BCUT2D eigenvalue weighted by Gasteiger charge is 2.32. The van der Waals surface area contributed by atoms with Gasteiger partial charge in [0.05, 0.1) is 25.6 Å². The summed E-state index contributed by atoms with van der Waals surface area (Å²) in [4.78, 5) is 42.0. The van der Waals surface area contributed by atoms with Gasteiger partial charge in [0.2, 0.25) is 5.91 Å². The Balaban J connectivity index is 1.55. The summed E-state index contributed by atoms with van der Waals surface area (Å²) in [6.07, 6.45) is -0.525. The number of nitrogens with one attached hydrogen (secondary N) is 3. The largest absolute Gasteiger partial charge is 0.488 e. The number of aliphatic hydroxyl groups excluding tert-OH is 1. The maximum absolute atomic E-state index is 13.4. The standard InChI is InChI=1S/C31H36FN5O5/c1-20-17-37(21(2)19-38)29(39)16-22-15-26(34-30(40)33-24-7-5-4-6-8-24)13-14-27(22)42-28(20)18-36(3)31(41)35-25-11-9-23(32)10-12-25/h4-15,20-21,28,38H,16-19H2,1-3H3,(H,35,41)(H2,33,34,40)/t20-,21-,28+/m0/s1. The zero-order valence-corrected chi connectivity index (χ0v) is 23.8. The average molecular weight is 578 g/mol. The maximum atomic E-state index is 13.4. The van der Waals surface area contributed by atoms with E-state index in [-0.39, 0.29) is 31.4 Å². The minimum absolute atomic E-state index is 0.00414. The van der Waals surface area contributed by atoms with Crippen LogP contribution in [-0.2, 0) is 11.2 Å². The molecule has 0 unspecified atom stereocenters. The van der Waals surface area contributed by atoms with Gasteiger partial charge in [-0.05, 0) is 61.5 Å². The number of carbonyl (C=O) groups excluding carboxylic acids is 3. The Labute approximate surface area is 244 Å². The highest BCUT2D eigenvalue weighted by Crippen LogP contribution is 2.29. The van der Waals surface area contributed by atoms with Crippen LogP contribution >= 0.6 is 0 Å². The number of para-hydroxylation sites is 1. The molecule has 222 valence electrons. The summed E-state index contributed by atoms with van der Waals surface area (Å²) in [7, 11) is 1.63. The third kappa shape index (κ3) is 7.97. The van der Waals surface area contributed by atoms with E-state index in [0.717, 1.165) is 0 Å². The van der Waals surface area contributed by atoms with E-state index in [4.69, 9.17) is 4.74 Å². The molecule has 3 aromatic carbocycles. The predicted octanol–water partition coefficient (Wildman–Crippen LogP) is 4.78. The number of nitrogens with zero attached hydrogens (tertiary/aromatic N) is 2. The molecular formula is C31H36FN5O5. The van der Waals surface area contributed by atoms with Crippen molar-refractivity contribution in [2.24, 2.45) is 5.92 Å². The molecule has 42 heavy (non-hydrogen) atoms. The molecule has 5 amide bonds. The lowest BCUT2D eigenvalue weighted by atomic mass is 10.0. The monoisotopic (exact) mass is 577 g/mol. The number of likely N-dealkylation sites (N-methyl/N-ethyl adjacent to an activating group) is 1. The summed E-state index contributed by atoms with van der Waals surface area (Å²) in [5.41, 5.74) is 2.12. The van der Waals surface area contributed by atoms with Crippen molar-refractivity contribution in [2.45, 2.75) is 32.4 Å². The second-order valence-electron chi connectivity index (χ2n) is 10.5. The molecule has 3 atom stereocenters. The molecule has 0 spiro atoms. The van der Waals surface area contributed by atoms with Crippen LogP contribution in [0, 0.1) is 11.7 Å². The number of rotatable bonds is 7. The van der Waals surface area contributed by atoms with Crippen LogP contribution in [0.5, 0.6) is 5.75 Å². The Bertz CT molecular complexity index is 1390. The summed E-state index contributed by atoms with van der Waals surface area (Å²) >= 11 is 0. The molecule has 3 aromatic rings. The van der Waals surface area contributed by atoms with Crippen molar-refractivity contribution in [3.05, 3.63) is 84.2 Å². The Morgan fingerprint density at radius 1 is 1.02 bits per heavy atom. The van der Waals surface area contributed by atoms with Crippen molar-refractivity contribution in [1.82, 2.24) is 9.80 Å². The van der Waals surface area contributed by atoms with Gasteiger partial charge in [-0.3, -0.25) is 4.79 Å². The fourth-order valence-corrected chi connectivity index (χ4v) is 4.65. The Morgan fingerprint density at radius 3 is 2.36 bits per heavy atom. The van der Waals surface area contributed by atoms with Crippen molar-refractivity contribution in [2.75, 3.05) is 42.7 Å². The fraction of sp³-hybridized carbons (Fsp3) is 0.323. The molecule has 0 radical (unpaired) electrons. The lowest BCUT2D eigenvalue weighted by Crippen LogP contribution is -2.48. The minimum Gasteiger partial charge on any atom is -0.488 e. The van der Waals surface area contributed by atoms with Gasteiger partial charge in [-0.2, -0.15) is 0 Å². The molecule has 4 rings (SSSR count). The third-order valence-corrected chi connectivity index (χ3v) is 7.10. The number of benzene rings is 3. The molecule has 0 aliphatic carbocycles. The second kappa shape index (κ2) is 13.8. The van der Waals surface area contributed by atoms with Crippen LogP contribution in [0.2, 0.25) is 0 Å². The van der Waals surface area contributed by atoms with Crippen LogP contribution in [-0.4, -0.2) is 71.8 Å². The van der Waals surface area contributed by atoms with Crippen molar-refractivity contribution in [3.63, 3.8) is 0 Å². The van der Waals surface area contributed by atoms with Crippen molar-refractivity contribution < 1.29 is 28.6 Å². The van der Waals surface area contributed by atoms with Gasteiger partial charge < -0.3 is 35.6 Å². The van der Waals surface area contributed by atoms with E-state index in [2.05, 4.69) is 16.0 Å². The van der Waals surface area contributed by atoms with Crippen LogP contribution in [0.3, 0.4) is 0 Å². The van der Waals surface area contributed by atoms with Crippen LogP contribution < -0.4 is 20.7 Å². The third-order valence-electron chi connectivity index (χ3n) is 7.10. The molecule has 10 nitrogen and oxygen atoms in total. The van der Waals surface area contributed by atoms with E-state index >= 15 is 0 Å². The Morgan fingerprint density at radius 2 is 1.67 bits per heavy atom. The van der Waals surface area contributed by atoms with Crippen LogP contribution in [0.15, 0.2) is 72.8 Å². The van der Waals surface area contributed by atoms with Crippen LogP contribution in [0.4, 0.5) is 31.0 Å². The first-order chi connectivity index (χ1) is 20.1. The van der Waals surface area contributed by atoms with Crippen LogP contribution in [0.1, 0.15) is 19.4 Å². The number of ether oxygens (including phenoxy) is 1. The lowest BCUT2D eigenvalue weighted by molar-refractivity contribution is -0.134. The molecule has 1 aliphatic rings. The number of halogens is 1. The fourth-order valence-electron chi connectivity index (χ4n) is 4.65. The first kappa shape index (κ1) is 30.3. The van der Waals surface area contributed by atoms with E-state index in [0.29, 0.717) is 34.9 Å². The van der Waals surface area contributed by atoms with Gasteiger partial charge in [-0.1, -0.05) is 25.1 Å². The number of anilines is 3. The van der Waals surface area contributed by atoms with Gasteiger partial charge in [-0.25, -0.2) is 14.0 Å². The molecule has 0 fully saturated rings. The smallest absolute Gasteiger partial charge is 0.323 e. The molecule has 1 heterocycles. The predicted molar refractivity (Wildman–Crippen MR) is 159 cm³/mol. The Hall–Kier alpha value is -4.64. The van der Waals surface area contributed by atoms with Gasteiger partial charge >= 0.3 is 12.1 Å². The van der Waals surface area contributed by atoms with Gasteiger partial charge in [0.25, 0.3) is 0 Å². The van der Waals surface area contributed by atoms with Crippen molar-refractivity contribution in [3.8, 4) is 5.75 Å². The number of hydrogen-bond acceptors (Lipinski definition) is 5. The topological polar surface area (TPSA) is 123 Å². The molecule has 0 saturated heterocycles. The normalized spacial score (nSPS) is 17.5. The van der Waals surface area contributed by atoms with E-state index in [1.807, 2.05) is 25.1 Å². The number of hydrogen-bond donors (Lipinski definition) is 4. The number of carbonyl (C=O) groups is 3. The Kier molecular flexibility index (Phi) is 9.98. The maximum Gasteiger partial charge on any atom is 0.323 e. The quantitative estimate of drug-likeness (QED) is 0.322. The summed E-state index contributed by atoms with van der Waals surface area (Å²) < 4.78 is 19.7. The molecule has 1 aliphatic heterocycles. The number of amides is 5. The molecular weight excluding hydrogens is 541 g/mol. The van der Waals surface area contributed by atoms with Gasteiger partial charge in [0, 0.05) is 42.1 Å². The van der Waals surface area contributed by atoms with Crippen molar-refractivity contribution >= 4 is 35.0 Å². The minimum atomic E-state index is -0.521.